The van der Waals surface area contributed by atoms with Crippen molar-refractivity contribution in [3.8, 4) is 0 Å². The summed E-state index contributed by atoms with van der Waals surface area (Å²) in [6.45, 7) is 1.77. The third kappa shape index (κ3) is 3.01. The molecule has 5 heteroatoms. The Bertz CT molecular complexity index is 621. The van der Waals surface area contributed by atoms with Gasteiger partial charge in [0, 0.05) is 5.69 Å². The molecular formula is C14H13FN2O2. The molecular weight excluding hydrogens is 247 g/mol. The van der Waals surface area contributed by atoms with E-state index in [1.807, 2.05) is 0 Å². The van der Waals surface area contributed by atoms with Gasteiger partial charge in [-0.05, 0) is 48.9 Å². The Hall–Kier alpha value is -2.56. The molecule has 0 bridgehead atoms. The standard InChI is InChI=1S/C14H13FN2O2/c1-8-4-10(15)7-11(5-8)17-13-6-9(14(18)19)2-3-12(13)16/h2-7,17H,16H2,1H3,(H,18,19). The predicted molar refractivity (Wildman–Crippen MR) is 72.2 cm³/mol. The zero-order valence-corrected chi connectivity index (χ0v) is 10.3. The van der Waals surface area contributed by atoms with E-state index >= 15 is 0 Å². The first kappa shape index (κ1) is 12.9. The lowest BCUT2D eigenvalue weighted by molar-refractivity contribution is 0.0697. The highest BCUT2D eigenvalue weighted by Gasteiger charge is 2.07. The van der Waals surface area contributed by atoms with Gasteiger partial charge in [0.1, 0.15) is 5.82 Å². The molecule has 98 valence electrons. The number of anilines is 3. The van der Waals surface area contributed by atoms with E-state index in [0.717, 1.165) is 5.56 Å². The molecule has 4 N–H and O–H groups in total. The first-order chi connectivity index (χ1) is 8.95. The topological polar surface area (TPSA) is 75.3 Å². The van der Waals surface area contributed by atoms with E-state index in [2.05, 4.69) is 5.32 Å². The van der Waals surface area contributed by atoms with Crippen LogP contribution in [0, 0.1) is 12.7 Å². The Balaban J connectivity index is 2.37. The van der Waals surface area contributed by atoms with Gasteiger partial charge in [0.2, 0.25) is 0 Å². The number of hydrogen-bond donors (Lipinski definition) is 3. The normalized spacial score (nSPS) is 10.2. The zero-order valence-electron chi connectivity index (χ0n) is 10.3. The second-order valence-corrected chi connectivity index (χ2v) is 4.25. The van der Waals surface area contributed by atoms with Gasteiger partial charge in [-0.15, -0.1) is 0 Å². The lowest BCUT2D eigenvalue weighted by Gasteiger charge is -2.11. The first-order valence-electron chi connectivity index (χ1n) is 5.63. The van der Waals surface area contributed by atoms with E-state index in [0.29, 0.717) is 17.1 Å². The van der Waals surface area contributed by atoms with Gasteiger partial charge in [0.25, 0.3) is 0 Å². The lowest BCUT2D eigenvalue weighted by atomic mass is 10.1. The molecule has 0 heterocycles. The van der Waals surface area contributed by atoms with Gasteiger partial charge in [-0.3, -0.25) is 0 Å². The summed E-state index contributed by atoms with van der Waals surface area (Å²) in [7, 11) is 0. The molecule has 2 rings (SSSR count). The number of benzene rings is 2. The summed E-state index contributed by atoms with van der Waals surface area (Å²) in [4.78, 5) is 10.9. The van der Waals surface area contributed by atoms with Gasteiger partial charge in [-0.1, -0.05) is 0 Å². The molecule has 0 saturated carbocycles. The Labute approximate surface area is 109 Å². The van der Waals surface area contributed by atoms with Crippen LogP contribution < -0.4 is 11.1 Å². The molecule has 0 aromatic heterocycles. The minimum absolute atomic E-state index is 0.116. The van der Waals surface area contributed by atoms with Crippen molar-refractivity contribution >= 4 is 23.0 Å². The minimum Gasteiger partial charge on any atom is -0.478 e. The van der Waals surface area contributed by atoms with E-state index < -0.39 is 5.97 Å². The van der Waals surface area contributed by atoms with Crippen molar-refractivity contribution in [2.75, 3.05) is 11.1 Å². The third-order valence-corrected chi connectivity index (χ3v) is 2.62. The number of halogens is 1. The van der Waals surface area contributed by atoms with E-state index in [9.17, 15) is 9.18 Å². The molecule has 0 radical (unpaired) electrons. The smallest absolute Gasteiger partial charge is 0.335 e. The van der Waals surface area contributed by atoms with Crippen LogP contribution in [0.1, 0.15) is 15.9 Å². The number of nitrogen functional groups attached to an aromatic ring is 1. The third-order valence-electron chi connectivity index (χ3n) is 2.62. The molecule has 0 spiro atoms. The van der Waals surface area contributed by atoms with Crippen molar-refractivity contribution in [2.24, 2.45) is 0 Å². The fourth-order valence-corrected chi connectivity index (χ4v) is 1.76. The molecule has 0 aliphatic carbocycles. The fraction of sp³-hybridized carbons (Fsp3) is 0.0714. The van der Waals surface area contributed by atoms with E-state index in [4.69, 9.17) is 10.8 Å². The first-order valence-corrected chi connectivity index (χ1v) is 5.63. The molecule has 2 aromatic rings. The highest BCUT2D eigenvalue weighted by atomic mass is 19.1. The second-order valence-electron chi connectivity index (χ2n) is 4.25. The minimum atomic E-state index is -1.04. The largest absolute Gasteiger partial charge is 0.478 e. The van der Waals surface area contributed by atoms with Crippen molar-refractivity contribution in [3.05, 3.63) is 53.3 Å². The number of aromatic carboxylic acids is 1. The van der Waals surface area contributed by atoms with Gasteiger partial charge >= 0.3 is 5.97 Å². The lowest BCUT2D eigenvalue weighted by Crippen LogP contribution is -2.01. The number of aryl methyl sites for hydroxylation is 1. The summed E-state index contributed by atoms with van der Waals surface area (Å²) >= 11 is 0. The van der Waals surface area contributed by atoms with Crippen molar-refractivity contribution in [2.45, 2.75) is 6.92 Å². The van der Waals surface area contributed by atoms with Crippen LogP contribution in [-0.2, 0) is 0 Å². The van der Waals surface area contributed by atoms with Crippen molar-refractivity contribution in [1.29, 1.82) is 0 Å². The summed E-state index contributed by atoms with van der Waals surface area (Å²) in [5, 5.41) is 11.8. The average Bonchev–Trinajstić information content (AvgIpc) is 2.30. The van der Waals surface area contributed by atoms with Gasteiger partial charge in [-0.25, -0.2) is 9.18 Å². The van der Waals surface area contributed by atoms with E-state index in [1.165, 1.54) is 30.3 Å². The van der Waals surface area contributed by atoms with Crippen LogP contribution in [0.25, 0.3) is 0 Å². The van der Waals surface area contributed by atoms with Crippen LogP contribution in [0.2, 0.25) is 0 Å². The number of carbonyl (C=O) groups is 1. The number of rotatable bonds is 3. The second kappa shape index (κ2) is 4.97. The number of nitrogens with one attached hydrogen (secondary N) is 1. The van der Waals surface area contributed by atoms with Crippen LogP contribution in [-0.4, -0.2) is 11.1 Å². The summed E-state index contributed by atoms with van der Waals surface area (Å²) in [6, 6.07) is 8.80. The van der Waals surface area contributed by atoms with Gasteiger partial charge in [-0.2, -0.15) is 0 Å². The van der Waals surface area contributed by atoms with Gasteiger partial charge in [0.05, 0.1) is 16.9 Å². The van der Waals surface area contributed by atoms with Crippen molar-refractivity contribution in [3.63, 3.8) is 0 Å². The van der Waals surface area contributed by atoms with E-state index in [1.54, 1.807) is 13.0 Å². The monoisotopic (exact) mass is 260 g/mol. The maximum Gasteiger partial charge on any atom is 0.335 e. The van der Waals surface area contributed by atoms with Crippen molar-refractivity contribution < 1.29 is 14.3 Å². The summed E-state index contributed by atoms with van der Waals surface area (Å²) < 4.78 is 13.3. The van der Waals surface area contributed by atoms with Gasteiger partial charge in [0.15, 0.2) is 0 Å². The molecule has 0 fully saturated rings. The molecule has 0 atom stereocenters. The average molecular weight is 260 g/mol. The Morgan fingerprint density at radius 1 is 1.26 bits per heavy atom. The molecule has 0 unspecified atom stereocenters. The van der Waals surface area contributed by atoms with Crippen LogP contribution >= 0.6 is 0 Å². The molecule has 0 amide bonds. The van der Waals surface area contributed by atoms with Crippen LogP contribution in [0.15, 0.2) is 36.4 Å². The zero-order chi connectivity index (χ0) is 14.0. The Morgan fingerprint density at radius 2 is 2.00 bits per heavy atom. The summed E-state index contributed by atoms with van der Waals surface area (Å²) in [6.07, 6.45) is 0. The fourth-order valence-electron chi connectivity index (χ4n) is 1.76. The maximum absolute atomic E-state index is 13.3. The highest BCUT2D eigenvalue weighted by molar-refractivity contribution is 5.91. The van der Waals surface area contributed by atoms with Crippen LogP contribution in [0.3, 0.4) is 0 Å². The number of nitrogens with two attached hydrogens (primary N) is 1. The molecule has 19 heavy (non-hydrogen) atoms. The highest BCUT2D eigenvalue weighted by Crippen LogP contribution is 2.25. The summed E-state index contributed by atoms with van der Waals surface area (Å²) in [5.41, 5.74) is 7.99. The molecule has 2 aromatic carbocycles. The summed E-state index contributed by atoms with van der Waals surface area (Å²) in [5.74, 6) is -1.41. The molecule has 0 aliphatic heterocycles. The van der Waals surface area contributed by atoms with E-state index in [-0.39, 0.29) is 11.4 Å². The van der Waals surface area contributed by atoms with Crippen molar-refractivity contribution in [1.82, 2.24) is 0 Å². The van der Waals surface area contributed by atoms with Crippen LogP contribution in [0.4, 0.5) is 21.5 Å². The number of carboxylic acid groups (broad SMARTS) is 1. The quantitative estimate of drug-likeness (QED) is 0.741. The molecule has 0 aliphatic rings. The predicted octanol–water partition coefficient (Wildman–Crippen LogP) is 3.16. The SMILES string of the molecule is Cc1cc(F)cc(Nc2cc(C(=O)O)ccc2N)c1. The van der Waals surface area contributed by atoms with Crippen LogP contribution in [0.5, 0.6) is 0 Å². The molecule has 0 saturated heterocycles. The Morgan fingerprint density at radius 3 is 2.63 bits per heavy atom. The number of hydrogen-bond acceptors (Lipinski definition) is 3. The molecule has 4 nitrogen and oxygen atoms in total. The maximum atomic E-state index is 13.3. The number of carboxylic acids is 1. The van der Waals surface area contributed by atoms with Gasteiger partial charge < -0.3 is 16.2 Å². The Kier molecular flexibility index (Phi) is 3.37.